The minimum absolute atomic E-state index is 0.0179. The molecule has 0 fully saturated rings. The van der Waals surface area contributed by atoms with Gasteiger partial charge in [-0.3, -0.25) is 0 Å². The Morgan fingerprint density at radius 3 is 3.14 bits per heavy atom. The summed E-state index contributed by atoms with van der Waals surface area (Å²) in [6.45, 7) is 0.568. The molecule has 1 atom stereocenters. The number of anilines is 2. The van der Waals surface area contributed by atoms with E-state index in [0.717, 1.165) is 11.4 Å². The quantitative estimate of drug-likeness (QED) is 0.638. The van der Waals surface area contributed by atoms with Crippen molar-refractivity contribution in [1.29, 1.82) is 0 Å². The van der Waals surface area contributed by atoms with Crippen molar-refractivity contribution in [1.82, 2.24) is 0 Å². The molecule has 0 bridgehead atoms. The molecule has 0 aromatic heterocycles. The number of hydrogen-bond donors (Lipinski definition) is 2. The van der Waals surface area contributed by atoms with Crippen molar-refractivity contribution >= 4 is 11.4 Å². The molecular formula is C10H14N2O2. The van der Waals surface area contributed by atoms with E-state index in [4.69, 9.17) is 15.6 Å². The molecule has 0 radical (unpaired) electrons. The third kappa shape index (κ3) is 1.28. The molecule has 4 nitrogen and oxygen atoms in total. The van der Waals surface area contributed by atoms with Crippen molar-refractivity contribution in [3.8, 4) is 5.75 Å². The Balaban J connectivity index is 2.41. The summed E-state index contributed by atoms with van der Waals surface area (Å²) in [6.07, 6.45) is 0. The van der Waals surface area contributed by atoms with E-state index in [1.165, 1.54) is 0 Å². The number of fused-ring (bicyclic) bond motifs is 1. The molecule has 0 saturated carbocycles. The number of aliphatic hydroxyl groups is 1. The summed E-state index contributed by atoms with van der Waals surface area (Å²) < 4.78 is 5.50. The summed E-state index contributed by atoms with van der Waals surface area (Å²) in [5.41, 5.74) is 7.36. The highest BCUT2D eigenvalue weighted by atomic mass is 16.5. The number of aliphatic hydroxyl groups excluding tert-OH is 1. The normalized spacial score (nSPS) is 20.1. The number of benzene rings is 1. The predicted octanol–water partition coefficient (Wildman–Crippen LogP) is 0.458. The fourth-order valence-electron chi connectivity index (χ4n) is 1.64. The third-order valence-electron chi connectivity index (χ3n) is 2.58. The van der Waals surface area contributed by atoms with Crippen LogP contribution < -0.4 is 15.4 Å². The van der Waals surface area contributed by atoms with Gasteiger partial charge in [-0.15, -0.1) is 0 Å². The molecule has 1 heterocycles. The van der Waals surface area contributed by atoms with Gasteiger partial charge in [0.25, 0.3) is 0 Å². The number of para-hydroxylation sites is 1. The minimum atomic E-state index is 0.0179. The molecule has 76 valence electrons. The highest BCUT2D eigenvalue weighted by Gasteiger charge is 2.24. The van der Waals surface area contributed by atoms with Crippen molar-refractivity contribution < 1.29 is 9.84 Å². The van der Waals surface area contributed by atoms with Gasteiger partial charge in [0.1, 0.15) is 6.61 Å². The lowest BCUT2D eigenvalue weighted by Gasteiger charge is -2.35. The first kappa shape index (κ1) is 9.15. The van der Waals surface area contributed by atoms with E-state index in [1.807, 2.05) is 30.1 Å². The van der Waals surface area contributed by atoms with E-state index in [-0.39, 0.29) is 12.6 Å². The summed E-state index contributed by atoms with van der Waals surface area (Å²) in [6, 6.07) is 5.65. The smallest absolute Gasteiger partial charge is 0.165 e. The molecule has 2 rings (SSSR count). The van der Waals surface area contributed by atoms with E-state index in [2.05, 4.69) is 0 Å². The lowest BCUT2D eigenvalue weighted by atomic mass is 10.1. The van der Waals surface area contributed by atoms with Gasteiger partial charge in [-0.2, -0.15) is 0 Å². The maximum atomic E-state index is 9.10. The van der Waals surface area contributed by atoms with Gasteiger partial charge >= 0.3 is 0 Å². The molecule has 1 aromatic carbocycles. The first-order chi connectivity index (χ1) is 6.74. The maximum Gasteiger partial charge on any atom is 0.165 e. The first-order valence-corrected chi connectivity index (χ1v) is 4.59. The van der Waals surface area contributed by atoms with Crippen LogP contribution >= 0.6 is 0 Å². The van der Waals surface area contributed by atoms with E-state index in [9.17, 15) is 0 Å². The van der Waals surface area contributed by atoms with Gasteiger partial charge in [-0.25, -0.2) is 0 Å². The van der Waals surface area contributed by atoms with Gasteiger partial charge in [0.15, 0.2) is 5.75 Å². The molecule has 1 unspecified atom stereocenters. The van der Waals surface area contributed by atoms with Gasteiger partial charge in [0.05, 0.1) is 24.0 Å². The summed E-state index contributed by atoms with van der Waals surface area (Å²) in [5, 5.41) is 9.10. The Hall–Kier alpha value is -1.42. The van der Waals surface area contributed by atoms with Gasteiger partial charge in [0, 0.05) is 7.05 Å². The average Bonchev–Trinajstić information content (AvgIpc) is 2.20. The van der Waals surface area contributed by atoms with Crippen LogP contribution in [-0.4, -0.2) is 31.4 Å². The molecule has 0 spiro atoms. The van der Waals surface area contributed by atoms with Crippen molar-refractivity contribution in [2.45, 2.75) is 6.04 Å². The highest BCUT2D eigenvalue weighted by Crippen LogP contribution is 2.37. The zero-order valence-electron chi connectivity index (χ0n) is 8.10. The van der Waals surface area contributed by atoms with Crippen LogP contribution in [0.5, 0.6) is 5.75 Å². The number of nitrogens with zero attached hydrogens (tertiary/aromatic N) is 1. The van der Waals surface area contributed by atoms with E-state index >= 15 is 0 Å². The van der Waals surface area contributed by atoms with Gasteiger partial charge in [-0.05, 0) is 12.1 Å². The maximum absolute atomic E-state index is 9.10. The average molecular weight is 194 g/mol. The molecule has 0 aliphatic carbocycles. The molecule has 4 heteroatoms. The van der Waals surface area contributed by atoms with Crippen molar-refractivity contribution in [2.75, 3.05) is 30.9 Å². The van der Waals surface area contributed by atoms with Crippen LogP contribution in [-0.2, 0) is 0 Å². The minimum Gasteiger partial charge on any atom is -0.487 e. The number of rotatable bonds is 1. The lowest BCUT2D eigenvalue weighted by Crippen LogP contribution is -2.43. The molecule has 1 aromatic rings. The highest BCUT2D eigenvalue weighted by molar-refractivity contribution is 5.71. The Morgan fingerprint density at radius 2 is 2.43 bits per heavy atom. The van der Waals surface area contributed by atoms with Crippen molar-refractivity contribution in [3.05, 3.63) is 18.2 Å². The topological polar surface area (TPSA) is 58.7 Å². The Morgan fingerprint density at radius 1 is 1.64 bits per heavy atom. The van der Waals surface area contributed by atoms with Gasteiger partial charge in [-0.1, -0.05) is 6.07 Å². The number of ether oxygens (including phenoxy) is 1. The van der Waals surface area contributed by atoms with E-state index in [1.54, 1.807) is 0 Å². The lowest BCUT2D eigenvalue weighted by molar-refractivity contribution is 0.192. The van der Waals surface area contributed by atoms with Crippen LogP contribution in [0.25, 0.3) is 0 Å². The molecule has 14 heavy (non-hydrogen) atoms. The number of nitrogens with two attached hydrogens (primary N) is 1. The number of hydrogen-bond acceptors (Lipinski definition) is 4. The fourth-order valence-corrected chi connectivity index (χ4v) is 1.64. The first-order valence-electron chi connectivity index (χ1n) is 4.59. The second-order valence-corrected chi connectivity index (χ2v) is 3.45. The molecule has 3 N–H and O–H groups in total. The van der Waals surface area contributed by atoms with E-state index < -0.39 is 0 Å². The van der Waals surface area contributed by atoms with Crippen molar-refractivity contribution in [3.63, 3.8) is 0 Å². The van der Waals surface area contributed by atoms with Crippen LogP contribution in [0, 0.1) is 0 Å². The van der Waals surface area contributed by atoms with Crippen LogP contribution in [0.15, 0.2) is 18.2 Å². The summed E-state index contributed by atoms with van der Waals surface area (Å²) in [4.78, 5) is 2.00. The predicted molar refractivity (Wildman–Crippen MR) is 55.6 cm³/mol. The van der Waals surface area contributed by atoms with Gasteiger partial charge < -0.3 is 20.5 Å². The van der Waals surface area contributed by atoms with Gasteiger partial charge in [0.2, 0.25) is 0 Å². The van der Waals surface area contributed by atoms with E-state index in [0.29, 0.717) is 12.3 Å². The largest absolute Gasteiger partial charge is 0.487 e. The SMILES string of the molecule is CN1c2cccc(N)c2OCC1CO. The molecule has 1 aliphatic rings. The fraction of sp³-hybridized carbons (Fsp3) is 0.400. The summed E-state index contributed by atoms with van der Waals surface area (Å²) >= 11 is 0. The Bertz CT molecular complexity index is 341. The molecule has 0 amide bonds. The van der Waals surface area contributed by atoms with Crippen LogP contribution in [0.2, 0.25) is 0 Å². The second-order valence-electron chi connectivity index (χ2n) is 3.45. The van der Waals surface area contributed by atoms with Crippen LogP contribution in [0.3, 0.4) is 0 Å². The van der Waals surface area contributed by atoms with Crippen LogP contribution in [0.1, 0.15) is 0 Å². The number of likely N-dealkylation sites (N-methyl/N-ethyl adjacent to an activating group) is 1. The summed E-state index contributed by atoms with van der Waals surface area (Å²) in [5.74, 6) is 0.722. The zero-order chi connectivity index (χ0) is 10.1. The zero-order valence-corrected chi connectivity index (χ0v) is 8.10. The third-order valence-corrected chi connectivity index (χ3v) is 2.58. The molecule has 1 aliphatic heterocycles. The number of nitrogen functional groups attached to an aromatic ring is 1. The van der Waals surface area contributed by atoms with Crippen molar-refractivity contribution in [2.24, 2.45) is 0 Å². The molecule has 0 saturated heterocycles. The Labute approximate surface area is 82.9 Å². The Kier molecular flexibility index (Phi) is 2.21. The molecular weight excluding hydrogens is 180 g/mol. The monoisotopic (exact) mass is 194 g/mol. The van der Waals surface area contributed by atoms with Crippen LogP contribution in [0.4, 0.5) is 11.4 Å². The second kappa shape index (κ2) is 3.38. The standard InChI is InChI=1S/C10H14N2O2/c1-12-7(5-13)6-14-10-8(11)3-2-4-9(10)12/h2-4,7,13H,5-6,11H2,1H3. The summed E-state index contributed by atoms with van der Waals surface area (Å²) in [7, 11) is 1.93.